The summed E-state index contributed by atoms with van der Waals surface area (Å²) in [5.74, 6) is 0.296. The van der Waals surface area contributed by atoms with Crippen LogP contribution < -0.4 is 0 Å². The number of hydrogen-bond acceptors (Lipinski definition) is 5. The number of aromatic hydroxyl groups is 2. The molecule has 0 atom stereocenters. The summed E-state index contributed by atoms with van der Waals surface area (Å²) in [6.45, 7) is 0. The van der Waals surface area contributed by atoms with Gasteiger partial charge in [0.15, 0.2) is 17.3 Å². The van der Waals surface area contributed by atoms with Gasteiger partial charge in [0.25, 0.3) is 0 Å². The van der Waals surface area contributed by atoms with E-state index in [1.165, 1.54) is 17.5 Å². The number of phenolic OH excluding ortho intramolecular Hbond substituents is 2. The van der Waals surface area contributed by atoms with Crippen LogP contribution in [0.15, 0.2) is 65.8 Å². The molecule has 0 saturated carbocycles. The second-order valence-corrected chi connectivity index (χ2v) is 6.45. The first-order valence-corrected chi connectivity index (χ1v) is 8.72. The molecule has 0 radical (unpaired) electrons. The van der Waals surface area contributed by atoms with Crippen LogP contribution in [0.1, 0.15) is 17.0 Å². The number of rotatable bonds is 4. The average Bonchev–Trinajstić information content (AvgIpc) is 3.02. The summed E-state index contributed by atoms with van der Waals surface area (Å²) in [5.41, 5.74) is 1.75. The van der Waals surface area contributed by atoms with E-state index < -0.39 is 0 Å². The Morgan fingerprint density at radius 1 is 1.04 bits per heavy atom. The fourth-order valence-corrected chi connectivity index (χ4v) is 3.12. The van der Waals surface area contributed by atoms with Crippen LogP contribution in [0.3, 0.4) is 0 Å². The molecule has 0 fully saturated rings. The first kappa shape index (κ1) is 17.0. The van der Waals surface area contributed by atoms with Crippen LogP contribution in [-0.4, -0.2) is 31.3 Å². The number of aromatic amines is 1. The van der Waals surface area contributed by atoms with Crippen molar-refractivity contribution in [3.8, 4) is 11.5 Å². The molecule has 0 spiro atoms. The monoisotopic (exact) mass is 376 g/mol. The van der Waals surface area contributed by atoms with Crippen molar-refractivity contribution < 1.29 is 10.2 Å². The van der Waals surface area contributed by atoms with E-state index in [9.17, 15) is 10.2 Å². The Balaban J connectivity index is 1.68. The summed E-state index contributed by atoms with van der Waals surface area (Å²) in [7, 11) is 0. The molecule has 0 amide bonds. The van der Waals surface area contributed by atoms with E-state index in [4.69, 9.17) is 12.2 Å². The average molecular weight is 376 g/mol. The smallest absolute Gasteiger partial charge is 0.216 e. The van der Waals surface area contributed by atoms with E-state index in [2.05, 4.69) is 39.6 Å². The van der Waals surface area contributed by atoms with Crippen molar-refractivity contribution >= 4 is 29.2 Å². The highest BCUT2D eigenvalue weighted by Crippen LogP contribution is 2.24. The topological polar surface area (TPSA) is 86.4 Å². The second kappa shape index (κ2) is 7.05. The quantitative estimate of drug-likeness (QED) is 0.286. The third-order valence-electron chi connectivity index (χ3n) is 4.27. The Morgan fingerprint density at radius 2 is 1.85 bits per heavy atom. The highest BCUT2D eigenvalue weighted by Gasteiger charge is 2.09. The van der Waals surface area contributed by atoms with Gasteiger partial charge in [-0.15, -0.1) is 0 Å². The number of H-pyrrole nitrogens is 1. The summed E-state index contributed by atoms with van der Waals surface area (Å²) in [4.78, 5) is 0. The third-order valence-corrected chi connectivity index (χ3v) is 4.53. The summed E-state index contributed by atoms with van der Waals surface area (Å²) in [6.07, 6.45) is 2.11. The van der Waals surface area contributed by atoms with Crippen molar-refractivity contribution in [1.82, 2.24) is 14.9 Å². The molecule has 0 aliphatic heterocycles. The molecular weight excluding hydrogens is 360 g/mol. The SMILES string of the molecule is Oc1ccc(/C=N/n2c(Cc3cccc4ccccc34)n[nH]c2=S)cc1O. The third kappa shape index (κ3) is 3.45. The molecule has 3 aromatic carbocycles. The maximum atomic E-state index is 9.60. The Morgan fingerprint density at radius 3 is 2.70 bits per heavy atom. The van der Waals surface area contributed by atoms with Gasteiger partial charge in [0, 0.05) is 6.42 Å². The number of fused-ring (bicyclic) bond motifs is 1. The van der Waals surface area contributed by atoms with E-state index in [0.29, 0.717) is 22.6 Å². The molecule has 134 valence electrons. The van der Waals surface area contributed by atoms with Crippen LogP contribution >= 0.6 is 12.2 Å². The zero-order valence-corrected chi connectivity index (χ0v) is 15.0. The second-order valence-electron chi connectivity index (χ2n) is 6.06. The summed E-state index contributed by atoms with van der Waals surface area (Å²) in [6, 6.07) is 18.8. The highest BCUT2D eigenvalue weighted by molar-refractivity contribution is 7.71. The van der Waals surface area contributed by atoms with Crippen molar-refractivity contribution in [1.29, 1.82) is 0 Å². The van der Waals surface area contributed by atoms with Crippen LogP contribution in [0.4, 0.5) is 0 Å². The molecule has 1 aromatic heterocycles. The van der Waals surface area contributed by atoms with Crippen molar-refractivity contribution in [2.24, 2.45) is 5.10 Å². The van der Waals surface area contributed by atoms with Crippen molar-refractivity contribution in [3.05, 3.63) is 82.4 Å². The molecule has 0 aliphatic rings. The molecule has 0 unspecified atom stereocenters. The summed E-state index contributed by atoms with van der Waals surface area (Å²) < 4.78 is 1.94. The number of benzene rings is 3. The minimum Gasteiger partial charge on any atom is -0.504 e. The molecule has 6 nitrogen and oxygen atoms in total. The molecule has 4 aromatic rings. The van der Waals surface area contributed by atoms with Crippen LogP contribution in [0.2, 0.25) is 0 Å². The number of hydrogen-bond donors (Lipinski definition) is 3. The largest absolute Gasteiger partial charge is 0.504 e. The van der Waals surface area contributed by atoms with Crippen LogP contribution in [0.5, 0.6) is 11.5 Å². The van der Waals surface area contributed by atoms with Gasteiger partial charge >= 0.3 is 0 Å². The van der Waals surface area contributed by atoms with E-state index in [0.717, 1.165) is 10.9 Å². The maximum absolute atomic E-state index is 9.60. The van der Waals surface area contributed by atoms with Gasteiger partial charge in [-0.25, -0.2) is 0 Å². The van der Waals surface area contributed by atoms with Crippen LogP contribution in [-0.2, 0) is 6.42 Å². The first-order valence-electron chi connectivity index (χ1n) is 8.31. The zero-order valence-electron chi connectivity index (χ0n) is 14.2. The lowest BCUT2D eigenvalue weighted by atomic mass is 10.0. The van der Waals surface area contributed by atoms with Gasteiger partial charge in [-0.05, 0) is 52.3 Å². The van der Waals surface area contributed by atoms with Gasteiger partial charge < -0.3 is 10.2 Å². The maximum Gasteiger partial charge on any atom is 0.216 e. The van der Waals surface area contributed by atoms with E-state index >= 15 is 0 Å². The van der Waals surface area contributed by atoms with Gasteiger partial charge in [0.1, 0.15) is 0 Å². The number of phenols is 2. The van der Waals surface area contributed by atoms with Gasteiger partial charge in [-0.3, -0.25) is 5.10 Å². The fourth-order valence-electron chi connectivity index (χ4n) is 2.92. The van der Waals surface area contributed by atoms with Gasteiger partial charge in [0.2, 0.25) is 4.77 Å². The molecule has 4 rings (SSSR count). The summed E-state index contributed by atoms with van der Waals surface area (Å²) >= 11 is 5.29. The van der Waals surface area contributed by atoms with E-state index in [1.807, 2.05) is 18.2 Å². The summed E-state index contributed by atoms with van der Waals surface area (Å²) in [5, 5.41) is 32.8. The predicted molar refractivity (Wildman–Crippen MR) is 107 cm³/mol. The molecule has 27 heavy (non-hydrogen) atoms. The standard InChI is InChI=1S/C20H16N4O2S/c25-17-9-8-13(10-18(17)26)12-21-24-19(22-23-20(24)27)11-15-6-3-5-14-4-1-2-7-16(14)15/h1-10,12,25-26H,11H2,(H,23,27)/b21-12+. The lowest BCUT2D eigenvalue weighted by molar-refractivity contribution is 0.403. The van der Waals surface area contributed by atoms with Crippen LogP contribution in [0, 0.1) is 4.77 Å². The van der Waals surface area contributed by atoms with E-state index in [-0.39, 0.29) is 11.5 Å². The Labute approximate surface area is 160 Å². The van der Waals surface area contributed by atoms with Gasteiger partial charge in [0.05, 0.1) is 6.21 Å². The van der Waals surface area contributed by atoms with Crippen molar-refractivity contribution in [2.75, 3.05) is 0 Å². The van der Waals surface area contributed by atoms with E-state index in [1.54, 1.807) is 17.0 Å². The molecule has 7 heteroatoms. The van der Waals surface area contributed by atoms with Gasteiger partial charge in [-0.1, -0.05) is 42.5 Å². The minimum atomic E-state index is -0.203. The zero-order chi connectivity index (χ0) is 18.8. The Kier molecular flexibility index (Phi) is 4.43. The lowest BCUT2D eigenvalue weighted by Gasteiger charge is -2.06. The van der Waals surface area contributed by atoms with Gasteiger partial charge in [-0.2, -0.15) is 14.9 Å². The number of nitrogens with zero attached hydrogens (tertiary/aromatic N) is 3. The molecule has 0 bridgehead atoms. The predicted octanol–water partition coefficient (Wildman–Crippen LogP) is 3.98. The van der Waals surface area contributed by atoms with Crippen molar-refractivity contribution in [3.63, 3.8) is 0 Å². The number of nitrogens with one attached hydrogen (secondary N) is 1. The Bertz CT molecular complexity index is 1200. The molecule has 1 heterocycles. The minimum absolute atomic E-state index is 0.177. The number of aromatic nitrogens is 3. The van der Waals surface area contributed by atoms with Crippen molar-refractivity contribution in [2.45, 2.75) is 6.42 Å². The fraction of sp³-hybridized carbons (Fsp3) is 0.0500. The molecule has 3 N–H and O–H groups in total. The normalized spacial score (nSPS) is 11.4. The first-order chi connectivity index (χ1) is 13.1. The molecule has 0 aliphatic carbocycles. The molecule has 0 saturated heterocycles. The van der Waals surface area contributed by atoms with Crippen LogP contribution in [0.25, 0.3) is 10.8 Å². The lowest BCUT2D eigenvalue weighted by Crippen LogP contribution is -2.01. The Hall–Kier alpha value is -3.45. The molecular formula is C20H16N4O2S. The highest BCUT2D eigenvalue weighted by atomic mass is 32.1.